The Hall–Kier alpha value is -3.27. The SMILES string of the molecule is CCc1nc(C(=O)NCc2ccc(F)cc2F)c(N)nc1N(N)/C=C\N. The smallest absolute Gasteiger partial charge is 0.274 e. The van der Waals surface area contributed by atoms with Crippen molar-refractivity contribution in [1.29, 1.82) is 0 Å². The highest BCUT2D eigenvalue weighted by Gasteiger charge is 2.19. The van der Waals surface area contributed by atoms with Crippen molar-refractivity contribution in [3.63, 3.8) is 0 Å². The molecule has 0 unspecified atom stereocenters. The van der Waals surface area contributed by atoms with Gasteiger partial charge in [-0.3, -0.25) is 9.80 Å². The molecule has 2 aromatic rings. The molecule has 8 nitrogen and oxygen atoms in total. The van der Waals surface area contributed by atoms with Crippen LogP contribution in [-0.4, -0.2) is 15.9 Å². The number of carbonyl (C=O) groups excluding carboxylic acids is 1. The molecule has 10 heteroatoms. The molecule has 0 aliphatic carbocycles. The molecule has 1 amide bonds. The lowest BCUT2D eigenvalue weighted by Gasteiger charge is -2.17. The minimum atomic E-state index is -0.763. The number of halogens is 2. The van der Waals surface area contributed by atoms with Gasteiger partial charge in [0, 0.05) is 30.6 Å². The number of hydrogen-bond donors (Lipinski definition) is 4. The molecule has 0 bridgehead atoms. The van der Waals surface area contributed by atoms with Crippen molar-refractivity contribution in [3.8, 4) is 0 Å². The van der Waals surface area contributed by atoms with Crippen LogP contribution >= 0.6 is 0 Å². The fourth-order valence-corrected chi connectivity index (χ4v) is 2.17. The number of amides is 1. The number of nitrogens with zero attached hydrogens (tertiary/aromatic N) is 3. The summed E-state index contributed by atoms with van der Waals surface area (Å²) in [7, 11) is 0. The number of carbonyl (C=O) groups is 1. The molecule has 0 aliphatic rings. The number of nitrogens with one attached hydrogen (secondary N) is 1. The Kier molecular flexibility index (Phi) is 6.02. The van der Waals surface area contributed by atoms with E-state index in [9.17, 15) is 13.6 Å². The van der Waals surface area contributed by atoms with E-state index >= 15 is 0 Å². The van der Waals surface area contributed by atoms with Crippen LogP contribution < -0.4 is 27.6 Å². The van der Waals surface area contributed by atoms with Gasteiger partial charge in [0.25, 0.3) is 5.91 Å². The third kappa shape index (κ3) is 4.22. The zero-order valence-electron chi connectivity index (χ0n) is 14.0. The summed E-state index contributed by atoms with van der Waals surface area (Å²) in [5, 5.41) is 3.62. The van der Waals surface area contributed by atoms with Crippen molar-refractivity contribution in [2.24, 2.45) is 11.6 Å². The Bertz CT molecular complexity index is 842. The molecule has 1 aromatic heterocycles. The van der Waals surface area contributed by atoms with Crippen molar-refractivity contribution in [1.82, 2.24) is 15.3 Å². The molecular formula is C16H19F2N7O. The maximum absolute atomic E-state index is 13.6. The van der Waals surface area contributed by atoms with Gasteiger partial charge in [-0.2, -0.15) is 0 Å². The first kappa shape index (κ1) is 19.1. The van der Waals surface area contributed by atoms with E-state index < -0.39 is 17.5 Å². The van der Waals surface area contributed by atoms with Gasteiger partial charge in [-0.25, -0.2) is 24.6 Å². The fraction of sp³-hybridized carbons (Fsp3) is 0.188. The molecule has 2 rings (SSSR count). The van der Waals surface area contributed by atoms with Crippen molar-refractivity contribution in [2.75, 3.05) is 10.7 Å². The first-order valence-corrected chi connectivity index (χ1v) is 7.68. The molecule has 0 aliphatic heterocycles. The van der Waals surface area contributed by atoms with Crippen molar-refractivity contribution >= 4 is 17.5 Å². The lowest BCUT2D eigenvalue weighted by molar-refractivity contribution is 0.0946. The van der Waals surface area contributed by atoms with Gasteiger partial charge in [0.05, 0.1) is 5.69 Å². The topological polar surface area (TPSA) is 136 Å². The summed E-state index contributed by atoms with van der Waals surface area (Å²) in [5.41, 5.74) is 11.5. The van der Waals surface area contributed by atoms with Gasteiger partial charge in [-0.05, 0) is 12.5 Å². The Morgan fingerprint density at radius 3 is 2.69 bits per heavy atom. The maximum atomic E-state index is 13.6. The molecule has 1 aromatic carbocycles. The van der Waals surface area contributed by atoms with E-state index in [4.69, 9.17) is 17.3 Å². The van der Waals surface area contributed by atoms with Crippen LogP contribution in [0.1, 0.15) is 28.7 Å². The highest BCUT2D eigenvalue weighted by atomic mass is 19.1. The third-order valence-corrected chi connectivity index (χ3v) is 3.47. The van der Waals surface area contributed by atoms with Crippen LogP contribution in [0.4, 0.5) is 20.4 Å². The Morgan fingerprint density at radius 1 is 1.35 bits per heavy atom. The molecule has 0 spiro atoms. The predicted octanol–water partition coefficient (Wildman–Crippen LogP) is 0.939. The second-order valence-corrected chi connectivity index (χ2v) is 5.25. The van der Waals surface area contributed by atoms with Crippen LogP contribution in [0.15, 0.2) is 30.6 Å². The number of hydrogen-bond acceptors (Lipinski definition) is 7. The Balaban J connectivity index is 2.23. The summed E-state index contributed by atoms with van der Waals surface area (Å²) >= 11 is 0. The second-order valence-electron chi connectivity index (χ2n) is 5.25. The molecular weight excluding hydrogens is 344 g/mol. The molecule has 0 atom stereocenters. The Morgan fingerprint density at radius 2 is 2.08 bits per heavy atom. The van der Waals surface area contributed by atoms with Gasteiger partial charge >= 0.3 is 0 Å². The van der Waals surface area contributed by atoms with Gasteiger partial charge in [0.2, 0.25) is 0 Å². The minimum absolute atomic E-state index is 0.113. The van der Waals surface area contributed by atoms with Crippen LogP contribution in [0.3, 0.4) is 0 Å². The van der Waals surface area contributed by atoms with E-state index in [0.29, 0.717) is 12.1 Å². The molecule has 0 saturated carbocycles. The predicted molar refractivity (Wildman–Crippen MR) is 93.3 cm³/mol. The highest BCUT2D eigenvalue weighted by Crippen LogP contribution is 2.19. The van der Waals surface area contributed by atoms with E-state index in [2.05, 4.69) is 15.3 Å². The minimum Gasteiger partial charge on any atom is -0.403 e. The van der Waals surface area contributed by atoms with Gasteiger partial charge in [0.15, 0.2) is 17.3 Å². The number of hydrazine groups is 1. The second kappa shape index (κ2) is 8.21. The average Bonchev–Trinajstić information content (AvgIpc) is 2.60. The lowest BCUT2D eigenvalue weighted by Crippen LogP contribution is -2.30. The summed E-state index contributed by atoms with van der Waals surface area (Å²) in [5.74, 6) is 3.79. The van der Waals surface area contributed by atoms with E-state index in [1.165, 1.54) is 18.5 Å². The average molecular weight is 363 g/mol. The van der Waals surface area contributed by atoms with Crippen molar-refractivity contribution in [3.05, 3.63) is 59.2 Å². The summed E-state index contributed by atoms with van der Waals surface area (Å²) in [6.07, 6.45) is 3.01. The zero-order chi connectivity index (χ0) is 19.3. The quantitative estimate of drug-likeness (QED) is 0.443. The number of aryl methyl sites for hydroxylation is 1. The largest absolute Gasteiger partial charge is 0.403 e. The maximum Gasteiger partial charge on any atom is 0.274 e. The monoisotopic (exact) mass is 363 g/mol. The van der Waals surface area contributed by atoms with Gasteiger partial charge < -0.3 is 16.8 Å². The van der Waals surface area contributed by atoms with Crippen LogP contribution in [0.25, 0.3) is 0 Å². The van der Waals surface area contributed by atoms with Crippen LogP contribution in [0.2, 0.25) is 0 Å². The molecule has 0 fully saturated rings. The van der Waals surface area contributed by atoms with Gasteiger partial charge in [0.1, 0.15) is 11.6 Å². The first-order chi connectivity index (χ1) is 12.4. The van der Waals surface area contributed by atoms with Crippen LogP contribution in [-0.2, 0) is 13.0 Å². The number of anilines is 2. The zero-order valence-corrected chi connectivity index (χ0v) is 14.0. The summed E-state index contributed by atoms with van der Waals surface area (Å²) < 4.78 is 26.6. The number of benzene rings is 1. The fourth-order valence-electron chi connectivity index (χ4n) is 2.17. The Labute approximate surface area is 148 Å². The molecule has 26 heavy (non-hydrogen) atoms. The third-order valence-electron chi connectivity index (χ3n) is 3.47. The number of rotatable bonds is 6. The van der Waals surface area contributed by atoms with E-state index in [-0.39, 0.29) is 29.4 Å². The van der Waals surface area contributed by atoms with Crippen LogP contribution in [0.5, 0.6) is 0 Å². The number of nitrogens with two attached hydrogens (primary N) is 3. The standard InChI is InChI=1S/C16H19F2N7O/c1-2-12-15(25(21)6-5-19)24-14(20)13(23-12)16(26)22-8-9-3-4-10(17)7-11(9)18/h3-7H,2,8,19,21H2,1H3,(H2,20,24)(H,22,26)/b6-5-. The van der Waals surface area contributed by atoms with E-state index in [1.807, 2.05) is 0 Å². The van der Waals surface area contributed by atoms with E-state index in [0.717, 1.165) is 17.1 Å². The van der Waals surface area contributed by atoms with Gasteiger partial charge in [-0.1, -0.05) is 13.0 Å². The number of nitrogen functional groups attached to an aromatic ring is 1. The molecule has 0 radical (unpaired) electrons. The first-order valence-electron chi connectivity index (χ1n) is 7.68. The summed E-state index contributed by atoms with van der Waals surface area (Å²) in [6.45, 7) is 1.65. The van der Waals surface area contributed by atoms with Crippen molar-refractivity contribution in [2.45, 2.75) is 19.9 Å². The molecule has 0 saturated heterocycles. The van der Waals surface area contributed by atoms with Crippen LogP contribution in [0, 0.1) is 11.6 Å². The lowest BCUT2D eigenvalue weighted by atomic mass is 10.2. The number of aromatic nitrogens is 2. The van der Waals surface area contributed by atoms with Gasteiger partial charge in [-0.15, -0.1) is 0 Å². The molecule has 7 N–H and O–H groups in total. The van der Waals surface area contributed by atoms with E-state index in [1.54, 1.807) is 6.92 Å². The molecule has 138 valence electrons. The highest BCUT2D eigenvalue weighted by molar-refractivity contribution is 5.96. The summed E-state index contributed by atoms with van der Waals surface area (Å²) in [4.78, 5) is 20.6. The normalized spacial score (nSPS) is 10.9. The van der Waals surface area contributed by atoms with Crippen molar-refractivity contribution < 1.29 is 13.6 Å². The summed E-state index contributed by atoms with van der Waals surface area (Å²) in [6, 6.07) is 3.08. The molecule has 1 heterocycles.